The Balaban J connectivity index is 2.09. The summed E-state index contributed by atoms with van der Waals surface area (Å²) in [7, 11) is 0. The molecule has 1 heterocycles. The third-order valence-electron chi connectivity index (χ3n) is 4.46. The van der Waals surface area contributed by atoms with Gasteiger partial charge in [0.15, 0.2) is 0 Å². The highest BCUT2D eigenvalue weighted by Crippen LogP contribution is 2.25. The fourth-order valence-electron chi connectivity index (χ4n) is 3.39. The largest absolute Gasteiger partial charge is 0.323 e. The van der Waals surface area contributed by atoms with Crippen molar-refractivity contribution in [3.63, 3.8) is 0 Å². The van der Waals surface area contributed by atoms with E-state index in [1.807, 2.05) is 0 Å². The van der Waals surface area contributed by atoms with Crippen molar-refractivity contribution >= 4 is 0 Å². The molecule has 1 aromatic rings. The number of aryl methyl sites for hydroxylation is 2. The van der Waals surface area contributed by atoms with Crippen molar-refractivity contribution in [1.82, 2.24) is 4.90 Å². The lowest BCUT2D eigenvalue weighted by Crippen LogP contribution is -2.46. The van der Waals surface area contributed by atoms with Crippen LogP contribution in [0.1, 0.15) is 55.8 Å². The van der Waals surface area contributed by atoms with E-state index in [2.05, 4.69) is 50.8 Å². The average Bonchev–Trinajstić information content (AvgIpc) is 2.32. The van der Waals surface area contributed by atoms with Crippen LogP contribution >= 0.6 is 0 Å². The summed E-state index contributed by atoms with van der Waals surface area (Å²) >= 11 is 0. The molecule has 3 unspecified atom stereocenters. The molecule has 2 rings (SSSR count). The highest BCUT2D eigenvalue weighted by molar-refractivity contribution is 5.30. The van der Waals surface area contributed by atoms with Gasteiger partial charge in [0.05, 0.1) is 0 Å². The lowest BCUT2D eigenvalue weighted by atomic mass is 9.95. The van der Waals surface area contributed by atoms with Crippen LogP contribution < -0.4 is 5.73 Å². The van der Waals surface area contributed by atoms with E-state index < -0.39 is 0 Å². The first kappa shape index (κ1) is 14.5. The standard InChI is InChI=1S/C17H28N2/c1-12-8-13(2)10-16(9-12)17(18)11-19-14(3)6-5-7-15(19)4/h8-10,14-15,17H,5-7,11,18H2,1-4H3. The van der Waals surface area contributed by atoms with Crippen LogP contribution in [0.3, 0.4) is 0 Å². The van der Waals surface area contributed by atoms with Gasteiger partial charge in [-0.2, -0.15) is 0 Å². The molecule has 2 N–H and O–H groups in total. The summed E-state index contributed by atoms with van der Waals surface area (Å²) in [6, 6.07) is 8.14. The molecule has 0 bridgehead atoms. The first-order valence-corrected chi connectivity index (χ1v) is 7.57. The van der Waals surface area contributed by atoms with Gasteiger partial charge in [0.1, 0.15) is 0 Å². The van der Waals surface area contributed by atoms with Crippen LogP contribution in [0.15, 0.2) is 18.2 Å². The summed E-state index contributed by atoms with van der Waals surface area (Å²) in [5.74, 6) is 0. The number of hydrogen-bond acceptors (Lipinski definition) is 2. The summed E-state index contributed by atoms with van der Waals surface area (Å²) in [4.78, 5) is 2.59. The molecule has 19 heavy (non-hydrogen) atoms. The van der Waals surface area contributed by atoms with E-state index >= 15 is 0 Å². The van der Waals surface area contributed by atoms with Crippen LogP contribution in [0.5, 0.6) is 0 Å². The van der Waals surface area contributed by atoms with Crippen LogP contribution in [-0.4, -0.2) is 23.5 Å². The smallest absolute Gasteiger partial charge is 0.0424 e. The third-order valence-corrected chi connectivity index (χ3v) is 4.46. The molecule has 2 nitrogen and oxygen atoms in total. The first-order valence-electron chi connectivity index (χ1n) is 7.57. The van der Waals surface area contributed by atoms with Crippen molar-refractivity contribution in [2.45, 2.75) is 65.1 Å². The summed E-state index contributed by atoms with van der Waals surface area (Å²) in [5, 5.41) is 0. The number of nitrogens with zero attached hydrogens (tertiary/aromatic N) is 1. The molecule has 1 aliphatic rings. The van der Waals surface area contributed by atoms with Gasteiger partial charge in [-0.25, -0.2) is 0 Å². The molecule has 106 valence electrons. The van der Waals surface area contributed by atoms with Crippen LogP contribution in [0, 0.1) is 13.8 Å². The van der Waals surface area contributed by atoms with Crippen molar-refractivity contribution in [3.8, 4) is 0 Å². The van der Waals surface area contributed by atoms with E-state index in [0.29, 0.717) is 12.1 Å². The predicted octanol–water partition coefficient (Wildman–Crippen LogP) is 3.57. The van der Waals surface area contributed by atoms with E-state index in [4.69, 9.17) is 5.73 Å². The van der Waals surface area contributed by atoms with E-state index in [9.17, 15) is 0 Å². The van der Waals surface area contributed by atoms with E-state index in [-0.39, 0.29) is 6.04 Å². The lowest BCUT2D eigenvalue weighted by molar-refractivity contribution is 0.0961. The van der Waals surface area contributed by atoms with Gasteiger partial charge in [0, 0.05) is 24.7 Å². The highest BCUT2D eigenvalue weighted by atomic mass is 15.2. The molecular weight excluding hydrogens is 232 g/mol. The number of hydrogen-bond donors (Lipinski definition) is 1. The molecule has 1 fully saturated rings. The Morgan fingerprint density at radius 3 is 2.16 bits per heavy atom. The molecule has 0 radical (unpaired) electrons. The normalized spacial score (nSPS) is 26.4. The molecular formula is C17H28N2. The Morgan fingerprint density at radius 1 is 1.11 bits per heavy atom. The Bertz CT molecular complexity index is 397. The van der Waals surface area contributed by atoms with Gasteiger partial charge in [-0.15, -0.1) is 0 Å². The second kappa shape index (κ2) is 6.06. The van der Waals surface area contributed by atoms with Crippen molar-refractivity contribution in [1.29, 1.82) is 0 Å². The third kappa shape index (κ3) is 3.58. The molecule has 0 saturated carbocycles. The number of rotatable bonds is 3. The zero-order valence-electron chi connectivity index (χ0n) is 12.8. The minimum atomic E-state index is 0.126. The predicted molar refractivity (Wildman–Crippen MR) is 82.3 cm³/mol. The van der Waals surface area contributed by atoms with E-state index in [0.717, 1.165) is 6.54 Å². The van der Waals surface area contributed by atoms with Gasteiger partial charge in [-0.05, 0) is 46.1 Å². The minimum absolute atomic E-state index is 0.126. The Labute approximate surface area is 118 Å². The molecule has 1 saturated heterocycles. The second-order valence-electron chi connectivity index (χ2n) is 6.35. The second-order valence-corrected chi connectivity index (χ2v) is 6.35. The summed E-state index contributed by atoms with van der Waals surface area (Å²) in [6.45, 7) is 9.95. The lowest BCUT2D eigenvalue weighted by Gasteiger charge is -2.40. The fraction of sp³-hybridized carbons (Fsp3) is 0.647. The van der Waals surface area contributed by atoms with Crippen molar-refractivity contribution in [2.75, 3.05) is 6.54 Å². The Hall–Kier alpha value is -0.860. The van der Waals surface area contributed by atoms with Gasteiger partial charge in [-0.3, -0.25) is 4.90 Å². The van der Waals surface area contributed by atoms with Crippen LogP contribution in [0.4, 0.5) is 0 Å². The highest BCUT2D eigenvalue weighted by Gasteiger charge is 2.26. The first-order chi connectivity index (χ1) is 8.97. The van der Waals surface area contributed by atoms with Gasteiger partial charge < -0.3 is 5.73 Å². The van der Waals surface area contributed by atoms with E-state index in [1.54, 1.807) is 0 Å². The number of benzene rings is 1. The van der Waals surface area contributed by atoms with Gasteiger partial charge in [-0.1, -0.05) is 35.7 Å². The Kier molecular flexibility index (Phi) is 4.64. The quantitative estimate of drug-likeness (QED) is 0.900. The molecule has 0 spiro atoms. The van der Waals surface area contributed by atoms with Crippen molar-refractivity contribution in [3.05, 3.63) is 34.9 Å². The minimum Gasteiger partial charge on any atom is -0.323 e. The Morgan fingerprint density at radius 2 is 1.63 bits per heavy atom. The zero-order valence-corrected chi connectivity index (χ0v) is 12.8. The number of likely N-dealkylation sites (tertiary alicyclic amines) is 1. The van der Waals surface area contributed by atoms with Crippen LogP contribution in [0.25, 0.3) is 0 Å². The molecule has 1 aromatic carbocycles. The number of piperidine rings is 1. The molecule has 3 atom stereocenters. The van der Waals surface area contributed by atoms with Crippen molar-refractivity contribution in [2.24, 2.45) is 5.73 Å². The summed E-state index contributed by atoms with van der Waals surface area (Å²) in [5.41, 5.74) is 10.3. The van der Waals surface area contributed by atoms with Crippen molar-refractivity contribution < 1.29 is 0 Å². The maximum Gasteiger partial charge on any atom is 0.0424 e. The maximum atomic E-state index is 6.45. The van der Waals surface area contributed by atoms with Crippen LogP contribution in [-0.2, 0) is 0 Å². The molecule has 0 aromatic heterocycles. The topological polar surface area (TPSA) is 29.3 Å². The maximum absolute atomic E-state index is 6.45. The molecule has 0 amide bonds. The number of nitrogens with two attached hydrogens (primary N) is 1. The van der Waals surface area contributed by atoms with Gasteiger partial charge in [0.2, 0.25) is 0 Å². The summed E-state index contributed by atoms with van der Waals surface area (Å²) < 4.78 is 0. The SMILES string of the molecule is Cc1cc(C)cc(C(N)CN2C(C)CCCC2C)c1. The zero-order chi connectivity index (χ0) is 14.0. The average molecular weight is 260 g/mol. The molecule has 0 aliphatic carbocycles. The fourth-order valence-corrected chi connectivity index (χ4v) is 3.39. The van der Waals surface area contributed by atoms with Gasteiger partial charge >= 0.3 is 0 Å². The van der Waals surface area contributed by atoms with Gasteiger partial charge in [0.25, 0.3) is 0 Å². The molecule has 1 aliphatic heterocycles. The van der Waals surface area contributed by atoms with E-state index in [1.165, 1.54) is 36.0 Å². The molecule has 2 heteroatoms. The summed E-state index contributed by atoms with van der Waals surface area (Å²) in [6.07, 6.45) is 3.98. The van der Waals surface area contributed by atoms with Crippen LogP contribution in [0.2, 0.25) is 0 Å². The monoisotopic (exact) mass is 260 g/mol.